The maximum atomic E-state index is 12.0. The molecule has 0 radical (unpaired) electrons. The van der Waals surface area contributed by atoms with Crippen molar-refractivity contribution in [1.82, 2.24) is 20.2 Å². The van der Waals surface area contributed by atoms with Gasteiger partial charge in [0.2, 0.25) is 5.91 Å². The number of carbonyl (C=O) groups is 2. The number of carbonyl (C=O) groups excluding carboxylic acids is 2. The van der Waals surface area contributed by atoms with Gasteiger partial charge in [0.1, 0.15) is 10.8 Å². The molecule has 98 valence electrons. The molecule has 0 saturated heterocycles. The highest BCUT2D eigenvalue weighted by atomic mass is 35.5. The summed E-state index contributed by atoms with van der Waals surface area (Å²) in [6.45, 7) is 4.57. The first kappa shape index (κ1) is 14.4. The molecule has 2 amide bonds. The highest BCUT2D eigenvalue weighted by molar-refractivity contribution is 6.29. The zero-order valence-corrected chi connectivity index (χ0v) is 11.1. The Hall–Kier alpha value is -1.69. The first-order valence-corrected chi connectivity index (χ1v) is 5.99. The topological polar surface area (TPSA) is 75.2 Å². The van der Waals surface area contributed by atoms with Crippen LogP contribution < -0.4 is 5.32 Å². The maximum Gasteiger partial charge on any atom is 0.274 e. The molecule has 0 saturated carbocycles. The minimum atomic E-state index is -0.340. The van der Waals surface area contributed by atoms with Gasteiger partial charge in [-0.2, -0.15) is 0 Å². The van der Waals surface area contributed by atoms with Crippen molar-refractivity contribution in [3.8, 4) is 0 Å². The van der Waals surface area contributed by atoms with E-state index in [4.69, 9.17) is 11.6 Å². The monoisotopic (exact) mass is 270 g/mol. The van der Waals surface area contributed by atoms with Crippen molar-refractivity contribution < 1.29 is 9.59 Å². The van der Waals surface area contributed by atoms with E-state index in [1.54, 1.807) is 6.92 Å². The molecule has 1 rings (SSSR count). The average Bonchev–Trinajstić information content (AvgIpc) is 2.36. The van der Waals surface area contributed by atoms with Crippen LogP contribution in [0.2, 0.25) is 5.15 Å². The molecular formula is C11H15ClN4O2. The standard InChI is InChI=1S/C11H15ClN4O2/c1-3-13-10(17)7-16(4-2)11(18)8-5-15-9(12)6-14-8/h5-6H,3-4,7H2,1-2H3,(H,13,17). The Morgan fingerprint density at radius 1 is 1.33 bits per heavy atom. The van der Waals surface area contributed by atoms with Gasteiger partial charge in [0.15, 0.2) is 0 Å². The molecule has 0 atom stereocenters. The highest BCUT2D eigenvalue weighted by Gasteiger charge is 2.18. The molecule has 0 unspecified atom stereocenters. The summed E-state index contributed by atoms with van der Waals surface area (Å²) in [5, 5.41) is 2.86. The highest BCUT2D eigenvalue weighted by Crippen LogP contribution is 2.04. The van der Waals surface area contributed by atoms with E-state index in [0.717, 1.165) is 0 Å². The number of hydrogen-bond donors (Lipinski definition) is 1. The minimum Gasteiger partial charge on any atom is -0.355 e. The fourth-order valence-corrected chi connectivity index (χ4v) is 1.44. The van der Waals surface area contributed by atoms with Gasteiger partial charge in [-0.1, -0.05) is 11.6 Å². The van der Waals surface area contributed by atoms with Crippen molar-refractivity contribution in [1.29, 1.82) is 0 Å². The number of likely N-dealkylation sites (N-methyl/N-ethyl adjacent to an activating group) is 2. The van der Waals surface area contributed by atoms with E-state index in [1.807, 2.05) is 6.92 Å². The third-order valence-corrected chi connectivity index (χ3v) is 2.41. The predicted molar refractivity (Wildman–Crippen MR) is 67.3 cm³/mol. The molecule has 0 fully saturated rings. The molecule has 7 heteroatoms. The molecule has 0 aliphatic rings. The first-order valence-electron chi connectivity index (χ1n) is 5.62. The quantitative estimate of drug-likeness (QED) is 0.856. The van der Waals surface area contributed by atoms with Crippen molar-refractivity contribution in [3.05, 3.63) is 23.2 Å². The van der Waals surface area contributed by atoms with Crippen molar-refractivity contribution in [3.63, 3.8) is 0 Å². The Morgan fingerprint density at radius 3 is 2.56 bits per heavy atom. The second kappa shape index (κ2) is 6.90. The van der Waals surface area contributed by atoms with Crippen LogP contribution in [0.3, 0.4) is 0 Å². The van der Waals surface area contributed by atoms with Gasteiger partial charge < -0.3 is 10.2 Å². The van der Waals surface area contributed by atoms with Gasteiger partial charge in [0.25, 0.3) is 5.91 Å². The Balaban J connectivity index is 2.73. The molecule has 1 heterocycles. The molecule has 1 N–H and O–H groups in total. The number of hydrogen-bond acceptors (Lipinski definition) is 4. The summed E-state index contributed by atoms with van der Waals surface area (Å²) in [7, 11) is 0. The molecule has 0 bridgehead atoms. The molecule has 18 heavy (non-hydrogen) atoms. The van der Waals surface area contributed by atoms with Crippen LogP contribution in [-0.4, -0.2) is 46.3 Å². The summed E-state index contributed by atoms with van der Waals surface area (Å²) in [6, 6.07) is 0. The smallest absolute Gasteiger partial charge is 0.274 e. The van der Waals surface area contributed by atoms with Crippen LogP contribution in [0.1, 0.15) is 24.3 Å². The van der Waals surface area contributed by atoms with E-state index in [2.05, 4.69) is 15.3 Å². The predicted octanol–water partition coefficient (Wildman–Crippen LogP) is 0.728. The lowest BCUT2D eigenvalue weighted by molar-refractivity contribution is -0.121. The molecule has 0 aliphatic heterocycles. The van der Waals surface area contributed by atoms with Crippen molar-refractivity contribution in [2.75, 3.05) is 19.6 Å². The second-order valence-corrected chi connectivity index (χ2v) is 3.88. The largest absolute Gasteiger partial charge is 0.355 e. The fourth-order valence-electron chi connectivity index (χ4n) is 1.34. The number of aromatic nitrogens is 2. The molecular weight excluding hydrogens is 256 g/mol. The van der Waals surface area contributed by atoms with Gasteiger partial charge in [0.05, 0.1) is 18.9 Å². The summed E-state index contributed by atoms with van der Waals surface area (Å²) >= 11 is 5.59. The van der Waals surface area contributed by atoms with Gasteiger partial charge in [-0.25, -0.2) is 9.97 Å². The Kier molecular flexibility index (Phi) is 5.51. The Labute approximate surface area is 110 Å². The van der Waals surface area contributed by atoms with Crippen LogP contribution in [0, 0.1) is 0 Å². The van der Waals surface area contributed by atoms with E-state index in [9.17, 15) is 9.59 Å². The minimum absolute atomic E-state index is 0.00742. The molecule has 1 aromatic heterocycles. The Morgan fingerprint density at radius 2 is 2.06 bits per heavy atom. The van der Waals surface area contributed by atoms with E-state index in [1.165, 1.54) is 17.3 Å². The van der Waals surface area contributed by atoms with Gasteiger partial charge >= 0.3 is 0 Å². The zero-order chi connectivity index (χ0) is 13.5. The lowest BCUT2D eigenvalue weighted by Gasteiger charge is -2.19. The number of nitrogens with zero attached hydrogens (tertiary/aromatic N) is 3. The van der Waals surface area contributed by atoms with Crippen LogP contribution in [0.5, 0.6) is 0 Å². The molecule has 6 nitrogen and oxygen atoms in total. The summed E-state index contributed by atoms with van der Waals surface area (Å²) in [5.74, 6) is -0.539. The van der Waals surface area contributed by atoms with Crippen LogP contribution in [-0.2, 0) is 4.79 Å². The average molecular weight is 271 g/mol. The van der Waals surface area contributed by atoms with Gasteiger partial charge in [0, 0.05) is 13.1 Å². The van der Waals surface area contributed by atoms with E-state index < -0.39 is 0 Å². The van der Waals surface area contributed by atoms with Crippen molar-refractivity contribution >= 4 is 23.4 Å². The summed E-state index contributed by atoms with van der Waals surface area (Å²) in [4.78, 5) is 32.5. The summed E-state index contributed by atoms with van der Waals surface area (Å²) < 4.78 is 0. The normalized spacial score (nSPS) is 9.94. The second-order valence-electron chi connectivity index (χ2n) is 3.50. The van der Waals surface area contributed by atoms with Gasteiger partial charge in [-0.3, -0.25) is 9.59 Å². The van der Waals surface area contributed by atoms with E-state index in [0.29, 0.717) is 13.1 Å². The third-order valence-electron chi connectivity index (χ3n) is 2.22. The van der Waals surface area contributed by atoms with Crippen LogP contribution in [0.25, 0.3) is 0 Å². The fraction of sp³-hybridized carbons (Fsp3) is 0.455. The lowest BCUT2D eigenvalue weighted by Crippen LogP contribution is -2.40. The Bertz CT molecular complexity index is 422. The summed E-state index contributed by atoms with van der Waals surface area (Å²) in [5.41, 5.74) is 0.172. The number of nitrogens with one attached hydrogen (secondary N) is 1. The summed E-state index contributed by atoms with van der Waals surface area (Å²) in [6.07, 6.45) is 2.60. The number of amides is 2. The van der Waals surface area contributed by atoms with Crippen molar-refractivity contribution in [2.24, 2.45) is 0 Å². The van der Waals surface area contributed by atoms with Crippen LogP contribution in [0.4, 0.5) is 0 Å². The molecule has 0 aromatic carbocycles. The van der Waals surface area contributed by atoms with Crippen molar-refractivity contribution in [2.45, 2.75) is 13.8 Å². The third kappa shape index (κ3) is 3.96. The van der Waals surface area contributed by atoms with Crippen LogP contribution in [0.15, 0.2) is 12.4 Å². The van der Waals surface area contributed by atoms with Crippen LogP contribution >= 0.6 is 11.6 Å². The molecule has 0 aliphatic carbocycles. The van der Waals surface area contributed by atoms with E-state index in [-0.39, 0.29) is 29.2 Å². The van der Waals surface area contributed by atoms with Gasteiger partial charge in [-0.15, -0.1) is 0 Å². The first-order chi connectivity index (χ1) is 8.58. The van der Waals surface area contributed by atoms with E-state index >= 15 is 0 Å². The maximum absolute atomic E-state index is 12.0. The SMILES string of the molecule is CCNC(=O)CN(CC)C(=O)c1cnc(Cl)cn1. The molecule has 0 spiro atoms. The number of rotatable bonds is 5. The number of halogens is 1. The lowest BCUT2D eigenvalue weighted by atomic mass is 10.3. The van der Waals surface area contributed by atoms with Gasteiger partial charge in [-0.05, 0) is 13.8 Å². The zero-order valence-electron chi connectivity index (χ0n) is 10.3. The molecule has 1 aromatic rings.